The van der Waals surface area contributed by atoms with Gasteiger partial charge in [-0.2, -0.15) is 0 Å². The minimum atomic E-state index is -4.63. The highest BCUT2D eigenvalue weighted by molar-refractivity contribution is 7.86. The van der Waals surface area contributed by atoms with Crippen molar-refractivity contribution < 1.29 is 17.8 Å². The number of carbonyl (C=O) groups excluding carboxylic acids is 1. The third-order valence-electron chi connectivity index (χ3n) is 5.78. The first-order chi connectivity index (χ1) is 14.6. The second-order valence-electron chi connectivity index (χ2n) is 7.82. The molecule has 6 nitrogen and oxygen atoms in total. The van der Waals surface area contributed by atoms with Crippen LogP contribution in [0.15, 0.2) is 61.2 Å². The smallest absolute Gasteiger partial charge is 0.243 e. The van der Waals surface area contributed by atoms with Crippen molar-refractivity contribution in [1.29, 1.82) is 0 Å². The van der Waals surface area contributed by atoms with E-state index < -0.39 is 14.9 Å². The zero-order valence-corrected chi connectivity index (χ0v) is 20.2. The van der Waals surface area contributed by atoms with Gasteiger partial charge in [0.2, 0.25) is 5.91 Å². The number of carbonyl (C=O) groups is 1. The predicted molar refractivity (Wildman–Crippen MR) is 131 cm³/mol. The Morgan fingerprint density at radius 2 is 1.78 bits per heavy atom. The summed E-state index contributed by atoms with van der Waals surface area (Å²) in [5.41, 5.74) is 4.50. The van der Waals surface area contributed by atoms with Crippen molar-refractivity contribution in [3.8, 4) is 0 Å². The highest BCUT2D eigenvalue weighted by atomic mass is 32.2. The van der Waals surface area contributed by atoms with E-state index in [-0.39, 0.29) is 25.0 Å². The summed E-state index contributed by atoms with van der Waals surface area (Å²) in [6.07, 6.45) is 6.45. The Morgan fingerprint density at radius 3 is 2.38 bits per heavy atom. The van der Waals surface area contributed by atoms with Crippen molar-refractivity contribution in [2.45, 2.75) is 44.8 Å². The van der Waals surface area contributed by atoms with Gasteiger partial charge in [-0.15, -0.1) is 0 Å². The van der Waals surface area contributed by atoms with Gasteiger partial charge in [-0.1, -0.05) is 61.2 Å². The largest absolute Gasteiger partial charge is 0.747 e. The Hall–Kier alpha value is -2.74. The maximum atomic E-state index is 12.2. The number of quaternary nitrogens is 1. The molecule has 5 N–H and O–H groups in total. The molecule has 7 heteroatoms. The topological polar surface area (TPSA) is 123 Å². The minimum absolute atomic E-state index is 0. The Labute approximate surface area is 191 Å². The van der Waals surface area contributed by atoms with Crippen LogP contribution >= 0.6 is 0 Å². The van der Waals surface area contributed by atoms with E-state index >= 15 is 0 Å². The Morgan fingerprint density at radius 1 is 1.12 bits per heavy atom. The van der Waals surface area contributed by atoms with E-state index in [0.29, 0.717) is 18.4 Å². The molecule has 0 aliphatic rings. The summed E-state index contributed by atoms with van der Waals surface area (Å²) in [5, 5.41) is 2.62. The van der Waals surface area contributed by atoms with Crippen LogP contribution in [-0.2, 0) is 26.1 Å². The van der Waals surface area contributed by atoms with E-state index in [1.54, 1.807) is 6.07 Å². The summed E-state index contributed by atoms with van der Waals surface area (Å²) in [7, 11) is -4.63. The first-order valence-electron chi connectivity index (χ1n) is 10.3. The normalized spacial score (nSPS) is 13.2. The van der Waals surface area contributed by atoms with Crippen LogP contribution < -0.4 is 11.5 Å². The number of nitrogens with one attached hydrogen (secondary N) is 1. The van der Waals surface area contributed by atoms with E-state index in [1.165, 1.54) is 6.92 Å². The SMILES string of the molecule is C=CC(=O)NCCCC(C)(c1ccc(CC=Cc2ccccc2)c(C)c1C)S(=O)(=O)[O-].[NH4+]. The van der Waals surface area contributed by atoms with Crippen molar-refractivity contribution >= 4 is 22.1 Å². The Bertz CT molecular complexity index is 1060. The predicted octanol–water partition coefficient (Wildman–Crippen LogP) is 4.78. The van der Waals surface area contributed by atoms with Crippen LogP contribution in [0.3, 0.4) is 0 Å². The Kier molecular flexibility index (Phi) is 10.0. The van der Waals surface area contributed by atoms with E-state index in [2.05, 4.69) is 18.0 Å². The summed E-state index contributed by atoms with van der Waals surface area (Å²) >= 11 is 0. The molecule has 1 unspecified atom stereocenters. The molecule has 0 aliphatic carbocycles. The van der Waals surface area contributed by atoms with Crippen molar-refractivity contribution in [3.05, 3.63) is 89.0 Å². The minimum Gasteiger partial charge on any atom is -0.747 e. The van der Waals surface area contributed by atoms with Gasteiger partial charge in [0.05, 0.1) is 4.75 Å². The lowest BCUT2D eigenvalue weighted by Gasteiger charge is -2.35. The molecule has 0 radical (unpaired) electrons. The zero-order chi connectivity index (χ0) is 23.1. The molecule has 32 heavy (non-hydrogen) atoms. The van der Waals surface area contributed by atoms with Gasteiger partial charge in [-0.25, -0.2) is 8.42 Å². The molecule has 1 atom stereocenters. The third-order valence-corrected chi connectivity index (χ3v) is 7.31. The number of amides is 1. The van der Waals surface area contributed by atoms with Gasteiger partial charge in [-0.05, 0) is 73.9 Å². The van der Waals surface area contributed by atoms with Gasteiger partial charge >= 0.3 is 0 Å². The van der Waals surface area contributed by atoms with Crippen LogP contribution in [0.4, 0.5) is 0 Å². The highest BCUT2D eigenvalue weighted by Crippen LogP contribution is 2.37. The molecule has 0 aromatic heterocycles. The molecule has 0 aliphatic heterocycles. The maximum absolute atomic E-state index is 12.2. The second kappa shape index (κ2) is 11.8. The van der Waals surface area contributed by atoms with Crippen molar-refractivity contribution in [1.82, 2.24) is 11.5 Å². The van der Waals surface area contributed by atoms with E-state index in [9.17, 15) is 17.8 Å². The standard InChI is InChI=1S/C25H31NO4S.H3N/c1-5-24(27)26-18-10-17-25(4,31(28,29)30)23-16-15-22(19(2)20(23)3)14-9-13-21-11-7-6-8-12-21;/h5-9,11-13,15-16H,1,10,14,17-18H2,2-4H3,(H,26,27)(H,28,29,30);1H3. The fourth-order valence-corrected chi connectivity index (χ4v) is 4.55. The molecule has 174 valence electrons. The van der Waals surface area contributed by atoms with Crippen LogP contribution in [0.25, 0.3) is 6.08 Å². The number of hydrogen-bond acceptors (Lipinski definition) is 4. The average Bonchev–Trinajstić information content (AvgIpc) is 2.74. The lowest BCUT2D eigenvalue weighted by molar-refractivity contribution is -0.116. The molecule has 0 spiro atoms. The van der Waals surface area contributed by atoms with Gasteiger partial charge in [0.15, 0.2) is 0 Å². The Balaban J connectivity index is 0.00000512. The van der Waals surface area contributed by atoms with Crippen molar-refractivity contribution in [3.63, 3.8) is 0 Å². The lowest BCUT2D eigenvalue weighted by atomic mass is 9.87. The monoisotopic (exact) mass is 458 g/mol. The van der Waals surface area contributed by atoms with E-state index in [4.69, 9.17) is 0 Å². The quantitative estimate of drug-likeness (QED) is 0.302. The molecule has 0 bridgehead atoms. The fourth-order valence-electron chi connectivity index (χ4n) is 3.66. The van der Waals surface area contributed by atoms with Crippen LogP contribution in [0.2, 0.25) is 0 Å². The van der Waals surface area contributed by atoms with E-state index in [0.717, 1.165) is 28.3 Å². The molecule has 0 saturated carbocycles. The van der Waals surface area contributed by atoms with Crippen LogP contribution in [0, 0.1) is 13.8 Å². The molecule has 1 amide bonds. The summed E-state index contributed by atoms with van der Waals surface area (Å²) < 4.78 is 35.2. The summed E-state index contributed by atoms with van der Waals surface area (Å²) in [5.74, 6) is -0.327. The first-order valence-corrected chi connectivity index (χ1v) is 11.7. The average molecular weight is 459 g/mol. The van der Waals surface area contributed by atoms with Gasteiger partial charge < -0.3 is 16.0 Å². The maximum Gasteiger partial charge on any atom is 0.243 e. The molecule has 2 aromatic rings. The number of hydrogen-bond donors (Lipinski definition) is 2. The second-order valence-corrected chi connectivity index (χ2v) is 9.63. The molecule has 0 heterocycles. The highest BCUT2D eigenvalue weighted by Gasteiger charge is 2.35. The fraction of sp³-hybridized carbons (Fsp3) is 0.320. The number of allylic oxidation sites excluding steroid dienone is 1. The summed E-state index contributed by atoms with van der Waals surface area (Å²) in [4.78, 5) is 11.3. The molecule has 2 aromatic carbocycles. The summed E-state index contributed by atoms with van der Waals surface area (Å²) in [6, 6.07) is 13.6. The molecule has 2 rings (SSSR count). The van der Waals surface area contributed by atoms with E-state index in [1.807, 2.05) is 56.3 Å². The summed E-state index contributed by atoms with van der Waals surface area (Å²) in [6.45, 7) is 8.94. The van der Waals surface area contributed by atoms with Gasteiger partial charge in [0, 0.05) is 6.54 Å². The van der Waals surface area contributed by atoms with Crippen molar-refractivity contribution in [2.24, 2.45) is 0 Å². The molecular weight excluding hydrogens is 424 g/mol. The van der Waals surface area contributed by atoms with Crippen LogP contribution in [0.5, 0.6) is 0 Å². The number of benzene rings is 2. The molecule has 0 saturated heterocycles. The third kappa shape index (κ3) is 6.63. The molecule has 0 fully saturated rings. The molecular formula is C25H34N2O4S. The van der Waals surface area contributed by atoms with Crippen molar-refractivity contribution in [2.75, 3.05) is 6.54 Å². The van der Waals surface area contributed by atoms with Gasteiger partial charge in [0.1, 0.15) is 10.1 Å². The van der Waals surface area contributed by atoms with Crippen LogP contribution in [-0.4, -0.2) is 25.4 Å². The van der Waals surface area contributed by atoms with Gasteiger partial charge in [-0.3, -0.25) is 4.79 Å². The zero-order valence-electron chi connectivity index (χ0n) is 19.4. The van der Waals surface area contributed by atoms with Gasteiger partial charge in [0.25, 0.3) is 0 Å². The first kappa shape index (κ1) is 27.3. The number of rotatable bonds is 10. The van der Waals surface area contributed by atoms with Crippen LogP contribution in [0.1, 0.15) is 47.6 Å². The lowest BCUT2D eigenvalue weighted by Crippen LogP contribution is -2.35.